The molecule has 0 saturated carbocycles. The normalized spacial score (nSPS) is 12.0. The lowest BCUT2D eigenvalue weighted by Gasteiger charge is -2.20. The molecule has 0 spiro atoms. The number of anilines is 2. The largest absolute Gasteiger partial charge is 0.507 e. The van der Waals surface area contributed by atoms with Crippen LogP contribution in [0.1, 0.15) is 29.7 Å². The second kappa shape index (κ2) is 6.08. The summed E-state index contributed by atoms with van der Waals surface area (Å²) in [5, 5.41) is 13.5. The molecule has 0 bridgehead atoms. The van der Waals surface area contributed by atoms with Crippen molar-refractivity contribution in [2.45, 2.75) is 26.8 Å². The van der Waals surface area contributed by atoms with Gasteiger partial charge < -0.3 is 15.3 Å². The van der Waals surface area contributed by atoms with Gasteiger partial charge in [-0.15, -0.1) is 0 Å². The van der Waals surface area contributed by atoms with E-state index in [1.165, 1.54) is 11.3 Å². The van der Waals surface area contributed by atoms with Crippen molar-refractivity contribution in [2.24, 2.45) is 0 Å². The molecule has 21 heavy (non-hydrogen) atoms. The molecular formula is C18H24N2O. The molecule has 2 rings (SSSR count). The van der Waals surface area contributed by atoms with E-state index in [0.717, 1.165) is 16.8 Å². The van der Waals surface area contributed by atoms with Gasteiger partial charge in [-0.2, -0.15) is 0 Å². The Hall–Kier alpha value is -2.16. The predicted octanol–water partition coefficient (Wildman–Crippen LogP) is 4.25. The van der Waals surface area contributed by atoms with Crippen molar-refractivity contribution in [3.05, 3.63) is 53.1 Å². The Morgan fingerprint density at radius 2 is 1.62 bits per heavy atom. The van der Waals surface area contributed by atoms with Crippen LogP contribution in [0.2, 0.25) is 0 Å². The quantitative estimate of drug-likeness (QED) is 0.881. The van der Waals surface area contributed by atoms with Gasteiger partial charge in [-0.05, 0) is 50.1 Å². The molecule has 1 atom stereocenters. The minimum Gasteiger partial charge on any atom is -0.507 e. The molecule has 0 heterocycles. The number of phenols is 1. The number of hydrogen-bond acceptors (Lipinski definition) is 3. The van der Waals surface area contributed by atoms with E-state index in [0.29, 0.717) is 5.75 Å². The number of aromatic hydroxyl groups is 1. The topological polar surface area (TPSA) is 35.5 Å². The number of rotatable bonds is 4. The van der Waals surface area contributed by atoms with Gasteiger partial charge >= 0.3 is 0 Å². The van der Waals surface area contributed by atoms with Gasteiger partial charge in [0, 0.05) is 37.1 Å². The highest BCUT2D eigenvalue weighted by atomic mass is 16.3. The number of hydrogen-bond donors (Lipinski definition) is 2. The van der Waals surface area contributed by atoms with Crippen LogP contribution in [0.4, 0.5) is 11.4 Å². The molecule has 0 aromatic heterocycles. The summed E-state index contributed by atoms with van der Waals surface area (Å²) in [5.74, 6) is 0.371. The van der Waals surface area contributed by atoms with E-state index < -0.39 is 0 Å². The van der Waals surface area contributed by atoms with E-state index in [1.54, 1.807) is 0 Å². The fourth-order valence-corrected chi connectivity index (χ4v) is 2.37. The number of nitrogens with one attached hydrogen (secondary N) is 1. The van der Waals surface area contributed by atoms with E-state index in [4.69, 9.17) is 0 Å². The third kappa shape index (κ3) is 3.30. The summed E-state index contributed by atoms with van der Waals surface area (Å²) in [7, 11) is 4.07. The maximum atomic E-state index is 10.0. The van der Waals surface area contributed by atoms with Gasteiger partial charge in [0.05, 0.1) is 0 Å². The lowest BCUT2D eigenvalue weighted by Crippen LogP contribution is -2.10. The molecule has 0 amide bonds. The van der Waals surface area contributed by atoms with Gasteiger partial charge in [0.25, 0.3) is 0 Å². The first-order valence-electron chi connectivity index (χ1n) is 7.23. The van der Waals surface area contributed by atoms with Crippen molar-refractivity contribution >= 4 is 11.4 Å². The molecule has 3 heteroatoms. The molecule has 2 aromatic carbocycles. The molecule has 3 nitrogen and oxygen atoms in total. The summed E-state index contributed by atoms with van der Waals surface area (Å²) in [6.45, 7) is 5.98. The van der Waals surface area contributed by atoms with E-state index in [1.807, 2.05) is 40.1 Å². The SMILES string of the molecule is Cc1ccc(NC(C)c2ccc(N(C)C)cc2)c(C)c1O. The zero-order valence-corrected chi connectivity index (χ0v) is 13.4. The summed E-state index contributed by atoms with van der Waals surface area (Å²) < 4.78 is 0. The zero-order chi connectivity index (χ0) is 15.6. The van der Waals surface area contributed by atoms with E-state index in [2.05, 4.69) is 41.4 Å². The summed E-state index contributed by atoms with van der Waals surface area (Å²) in [6, 6.07) is 12.6. The molecule has 0 radical (unpaired) electrons. The smallest absolute Gasteiger partial charge is 0.123 e. The van der Waals surface area contributed by atoms with Crippen molar-refractivity contribution in [3.8, 4) is 5.75 Å². The van der Waals surface area contributed by atoms with Crippen molar-refractivity contribution in [1.29, 1.82) is 0 Å². The van der Waals surface area contributed by atoms with Gasteiger partial charge in [0.2, 0.25) is 0 Å². The second-order valence-corrected chi connectivity index (χ2v) is 5.76. The summed E-state index contributed by atoms with van der Waals surface area (Å²) in [6.07, 6.45) is 0. The predicted molar refractivity (Wildman–Crippen MR) is 90.4 cm³/mol. The Kier molecular flexibility index (Phi) is 4.41. The maximum absolute atomic E-state index is 10.0. The Morgan fingerprint density at radius 3 is 2.19 bits per heavy atom. The Bertz CT molecular complexity index is 618. The number of benzene rings is 2. The standard InChI is InChI=1S/C18H24N2O/c1-12-6-11-17(13(2)18(12)21)19-14(3)15-7-9-16(10-8-15)20(4)5/h6-11,14,19,21H,1-5H3. The highest BCUT2D eigenvalue weighted by Crippen LogP contribution is 2.30. The molecule has 2 aromatic rings. The van der Waals surface area contributed by atoms with Crippen molar-refractivity contribution in [3.63, 3.8) is 0 Å². The lowest BCUT2D eigenvalue weighted by molar-refractivity contribution is 0.467. The maximum Gasteiger partial charge on any atom is 0.123 e. The third-order valence-corrected chi connectivity index (χ3v) is 3.91. The molecule has 0 saturated heterocycles. The van der Waals surface area contributed by atoms with Crippen LogP contribution >= 0.6 is 0 Å². The first kappa shape index (κ1) is 15.2. The number of aryl methyl sites for hydroxylation is 1. The van der Waals surface area contributed by atoms with E-state index >= 15 is 0 Å². The summed E-state index contributed by atoms with van der Waals surface area (Å²) in [5.41, 5.74) is 5.19. The van der Waals surface area contributed by atoms with Crippen LogP contribution in [0.15, 0.2) is 36.4 Å². The number of phenolic OH excluding ortho intramolecular Hbond substituents is 1. The van der Waals surface area contributed by atoms with Crippen LogP contribution in [0.5, 0.6) is 5.75 Å². The monoisotopic (exact) mass is 284 g/mol. The van der Waals surface area contributed by atoms with Crippen LogP contribution in [0.3, 0.4) is 0 Å². The lowest BCUT2D eigenvalue weighted by atomic mass is 10.0. The Morgan fingerprint density at radius 1 is 1.00 bits per heavy atom. The molecule has 0 aliphatic carbocycles. The molecule has 0 fully saturated rings. The van der Waals surface area contributed by atoms with Crippen molar-refractivity contribution in [1.82, 2.24) is 0 Å². The fraction of sp³-hybridized carbons (Fsp3) is 0.333. The van der Waals surface area contributed by atoms with Gasteiger partial charge in [0.15, 0.2) is 0 Å². The molecule has 2 N–H and O–H groups in total. The molecule has 112 valence electrons. The molecule has 0 aliphatic rings. The van der Waals surface area contributed by atoms with Gasteiger partial charge in [-0.3, -0.25) is 0 Å². The average molecular weight is 284 g/mol. The van der Waals surface area contributed by atoms with Crippen molar-refractivity contribution in [2.75, 3.05) is 24.3 Å². The first-order valence-corrected chi connectivity index (χ1v) is 7.23. The minimum absolute atomic E-state index is 0.182. The van der Waals surface area contributed by atoms with E-state index in [9.17, 15) is 5.11 Å². The molecule has 0 aliphatic heterocycles. The minimum atomic E-state index is 0.182. The third-order valence-electron chi connectivity index (χ3n) is 3.91. The molecular weight excluding hydrogens is 260 g/mol. The van der Waals surface area contributed by atoms with Crippen LogP contribution in [0.25, 0.3) is 0 Å². The average Bonchev–Trinajstić information content (AvgIpc) is 2.48. The van der Waals surface area contributed by atoms with Crippen molar-refractivity contribution < 1.29 is 5.11 Å². The Balaban J connectivity index is 2.18. The summed E-state index contributed by atoms with van der Waals surface area (Å²) in [4.78, 5) is 2.09. The van der Waals surface area contributed by atoms with Crippen LogP contribution in [-0.2, 0) is 0 Å². The van der Waals surface area contributed by atoms with Crippen LogP contribution in [0, 0.1) is 13.8 Å². The zero-order valence-electron chi connectivity index (χ0n) is 13.4. The highest BCUT2D eigenvalue weighted by Gasteiger charge is 2.10. The van der Waals surface area contributed by atoms with Crippen LogP contribution in [-0.4, -0.2) is 19.2 Å². The second-order valence-electron chi connectivity index (χ2n) is 5.76. The first-order chi connectivity index (χ1) is 9.90. The Labute approximate surface area is 127 Å². The summed E-state index contributed by atoms with van der Waals surface area (Å²) >= 11 is 0. The number of nitrogens with zero attached hydrogens (tertiary/aromatic N) is 1. The van der Waals surface area contributed by atoms with Gasteiger partial charge in [0.1, 0.15) is 5.75 Å². The van der Waals surface area contributed by atoms with Gasteiger partial charge in [-0.25, -0.2) is 0 Å². The van der Waals surface area contributed by atoms with Crippen LogP contribution < -0.4 is 10.2 Å². The van der Waals surface area contributed by atoms with Gasteiger partial charge in [-0.1, -0.05) is 18.2 Å². The molecule has 1 unspecified atom stereocenters. The fourth-order valence-electron chi connectivity index (χ4n) is 2.37. The highest BCUT2D eigenvalue weighted by molar-refractivity contribution is 5.60. The van der Waals surface area contributed by atoms with E-state index in [-0.39, 0.29) is 6.04 Å².